The molecule has 0 aromatic carbocycles. The lowest BCUT2D eigenvalue weighted by atomic mass is 9.97. The molecule has 530 valence electrons. The minimum Gasteiger partial charge on any atom is -0.394 e. The van der Waals surface area contributed by atoms with Crippen molar-refractivity contribution in [2.75, 3.05) is 98.7 Å². The molecular formula is C55H98N10O27. The second kappa shape index (κ2) is 44.2. The summed E-state index contributed by atoms with van der Waals surface area (Å²) in [4.78, 5) is 112. The van der Waals surface area contributed by atoms with Crippen molar-refractivity contribution in [3.8, 4) is 0 Å². The first-order chi connectivity index (χ1) is 43.8. The van der Waals surface area contributed by atoms with Crippen LogP contribution in [-0.2, 0) is 71.6 Å². The topological polar surface area (TPSA) is 586 Å². The largest absolute Gasteiger partial charge is 0.394 e. The summed E-state index contributed by atoms with van der Waals surface area (Å²) < 4.78 is 32.3. The SMILES string of the molecule is NC(COCCC(=O)NCCCNC(=O)CCCC(=O)N[C@@H]1[C@@H](O)[C@H](O)[C@@H](CO)O[C@H]1O)(COCCC(=O)NCCCNC(=O)CCCC(=O)N[C@H]1[C@H](O)O[C@H](CO)C(O)[C@@H]1O)COCCC(=O)NCCCNC(=O)CCCC(=O)N[C@H]1[C@H](O)O[C@H](CO)C(O)[C@@H]1O. The van der Waals surface area contributed by atoms with Gasteiger partial charge in [-0.25, -0.2) is 0 Å². The summed E-state index contributed by atoms with van der Waals surface area (Å²) in [6, 6.07) is -4.05. The van der Waals surface area contributed by atoms with Crippen molar-refractivity contribution >= 4 is 53.2 Å². The summed E-state index contributed by atoms with van der Waals surface area (Å²) in [5.74, 6) is -4.06. The van der Waals surface area contributed by atoms with Crippen LogP contribution in [0, 0.1) is 0 Å². The van der Waals surface area contributed by atoms with Crippen LogP contribution in [0.1, 0.15) is 96.3 Å². The Hall–Kier alpha value is -5.53. The highest BCUT2D eigenvalue weighted by atomic mass is 16.6. The number of amides is 9. The Balaban J connectivity index is 1.33. The number of ether oxygens (including phenoxy) is 6. The first-order valence-electron chi connectivity index (χ1n) is 30.7. The molecule has 0 aromatic rings. The fourth-order valence-electron chi connectivity index (χ4n) is 9.37. The average molecular weight is 1330 g/mol. The molecule has 0 aliphatic carbocycles. The molecule has 3 saturated heterocycles. The molecule has 2 unspecified atom stereocenters. The first kappa shape index (κ1) is 80.7. The highest BCUT2D eigenvalue weighted by Gasteiger charge is 2.46. The number of hydrogen-bond donors (Lipinski definition) is 22. The molecule has 23 N–H and O–H groups in total. The van der Waals surface area contributed by atoms with Crippen LogP contribution >= 0.6 is 0 Å². The highest BCUT2D eigenvalue weighted by Crippen LogP contribution is 2.23. The van der Waals surface area contributed by atoms with Gasteiger partial charge in [-0.05, 0) is 38.5 Å². The maximum absolute atomic E-state index is 12.6. The molecule has 37 heteroatoms. The number of nitrogens with one attached hydrogen (secondary N) is 9. The smallest absolute Gasteiger partial charge is 0.222 e. The van der Waals surface area contributed by atoms with Crippen LogP contribution < -0.4 is 53.6 Å². The van der Waals surface area contributed by atoms with Gasteiger partial charge < -0.3 is 143 Å². The third-order valence-electron chi connectivity index (χ3n) is 14.7. The van der Waals surface area contributed by atoms with Crippen molar-refractivity contribution in [2.45, 2.75) is 194 Å². The minimum atomic E-state index is -1.68. The van der Waals surface area contributed by atoms with Gasteiger partial charge in [0.25, 0.3) is 0 Å². The van der Waals surface area contributed by atoms with Gasteiger partial charge in [-0.2, -0.15) is 0 Å². The zero-order valence-electron chi connectivity index (χ0n) is 51.4. The van der Waals surface area contributed by atoms with E-state index >= 15 is 0 Å². The van der Waals surface area contributed by atoms with Crippen molar-refractivity contribution in [1.82, 2.24) is 47.9 Å². The van der Waals surface area contributed by atoms with E-state index in [1.54, 1.807) is 0 Å². The minimum absolute atomic E-state index is 0.0296. The lowest BCUT2D eigenvalue weighted by Crippen LogP contribution is -2.64. The number of rotatable bonds is 45. The first-order valence-corrected chi connectivity index (χ1v) is 30.7. The van der Waals surface area contributed by atoms with Crippen LogP contribution in [-0.4, -0.2) is 311 Å². The monoisotopic (exact) mass is 1330 g/mol. The molecule has 3 rings (SSSR count). The maximum Gasteiger partial charge on any atom is 0.222 e. The summed E-state index contributed by atoms with van der Waals surface area (Å²) in [7, 11) is 0. The zero-order valence-corrected chi connectivity index (χ0v) is 51.4. The Morgan fingerprint density at radius 2 is 0.543 bits per heavy atom. The van der Waals surface area contributed by atoms with Crippen molar-refractivity contribution < 1.29 is 133 Å². The predicted molar refractivity (Wildman–Crippen MR) is 312 cm³/mol. The molecule has 3 heterocycles. The quantitative estimate of drug-likeness (QED) is 0.0252. The standard InChI is InChI=1S/C55H98N10O27/c56-55(28-87-22-13-37(72)60-19-4-16-57-34(69)7-1-10-40(75)63-43-49(81)46(78)31(25-66)90-52(43)84,29-88-23-14-38(73)61-20-5-17-58-35(70)8-2-11-41(76)64-44-50(82)47(79)32(26-67)91-53(44)85)30-89-24-15-39(74)62-21-6-18-59-36(71)9-3-12-42(77)65-45-51(83)48(80)33(27-68)92-54(45)86/h31-33,43-54,66-68,78-86H,1-30,56H2,(H,57,69)(H,58,70)(H,59,71)(H,60,72)(H,61,73)(H,62,74)(H,63,75)(H,64,76)(H,65,77)/t31-,32-,33-,43-,44-,45-,46-,47?,48?,49-,50-,51-,52-,53-,54-,55?/m1/s1. The third kappa shape index (κ3) is 30.7. The zero-order chi connectivity index (χ0) is 68.2. The van der Waals surface area contributed by atoms with Gasteiger partial charge in [0.1, 0.15) is 73.1 Å². The van der Waals surface area contributed by atoms with Gasteiger partial charge in [-0.15, -0.1) is 0 Å². The van der Waals surface area contributed by atoms with Crippen LogP contribution in [0.25, 0.3) is 0 Å². The lowest BCUT2D eigenvalue weighted by molar-refractivity contribution is -0.253. The summed E-state index contributed by atoms with van der Waals surface area (Å²) in [5, 5.41) is 142. The second-order valence-electron chi connectivity index (χ2n) is 22.5. The van der Waals surface area contributed by atoms with Gasteiger partial charge in [0.2, 0.25) is 53.2 Å². The van der Waals surface area contributed by atoms with E-state index in [1.807, 2.05) is 0 Å². The van der Waals surface area contributed by atoms with Crippen LogP contribution in [0.2, 0.25) is 0 Å². The summed E-state index contributed by atoms with van der Waals surface area (Å²) in [5.41, 5.74) is 5.30. The van der Waals surface area contributed by atoms with E-state index in [0.29, 0.717) is 19.3 Å². The van der Waals surface area contributed by atoms with E-state index in [9.17, 15) is 104 Å². The molecule has 9 amide bonds. The molecule has 3 fully saturated rings. The van der Waals surface area contributed by atoms with E-state index in [1.165, 1.54) is 0 Å². The molecule has 0 saturated carbocycles. The van der Waals surface area contributed by atoms with Gasteiger partial charge in [0, 0.05) is 97.1 Å². The van der Waals surface area contributed by atoms with Crippen LogP contribution in [0.3, 0.4) is 0 Å². The number of nitrogens with two attached hydrogens (primary N) is 1. The number of aliphatic hydroxyl groups excluding tert-OH is 12. The number of aliphatic hydroxyl groups is 12. The van der Waals surface area contributed by atoms with E-state index in [2.05, 4.69) is 47.9 Å². The number of hydrogen-bond acceptors (Lipinski definition) is 28. The van der Waals surface area contributed by atoms with E-state index in [0.717, 1.165) is 0 Å². The molecule has 0 spiro atoms. The van der Waals surface area contributed by atoms with Gasteiger partial charge in [0.05, 0.1) is 65.0 Å². The van der Waals surface area contributed by atoms with Crippen molar-refractivity contribution in [3.05, 3.63) is 0 Å². The second-order valence-corrected chi connectivity index (χ2v) is 22.5. The highest BCUT2D eigenvalue weighted by molar-refractivity contribution is 5.81. The lowest BCUT2D eigenvalue weighted by Gasteiger charge is -2.40. The molecule has 0 radical (unpaired) electrons. The molecular weight excluding hydrogens is 1230 g/mol. The molecule has 0 aromatic heterocycles. The van der Waals surface area contributed by atoms with Crippen molar-refractivity contribution in [3.63, 3.8) is 0 Å². The molecule has 37 nitrogen and oxygen atoms in total. The molecule has 0 bridgehead atoms. The molecule has 3 aliphatic heterocycles. The van der Waals surface area contributed by atoms with Crippen LogP contribution in [0.4, 0.5) is 0 Å². The average Bonchev–Trinajstić information content (AvgIpc) is 0.954. The Kier molecular flexibility index (Phi) is 38.8. The van der Waals surface area contributed by atoms with Gasteiger partial charge in [0.15, 0.2) is 18.9 Å². The summed E-state index contributed by atoms with van der Waals surface area (Å²) in [6.45, 7) is -1.54. The third-order valence-corrected chi connectivity index (χ3v) is 14.7. The Bertz CT molecular complexity index is 2020. The molecule has 92 heavy (non-hydrogen) atoms. The Labute approximate surface area is 530 Å². The van der Waals surface area contributed by atoms with Crippen LogP contribution in [0.5, 0.6) is 0 Å². The van der Waals surface area contributed by atoms with Crippen LogP contribution in [0.15, 0.2) is 0 Å². The predicted octanol–water partition coefficient (Wildman–Crippen LogP) is -11.0. The maximum atomic E-state index is 12.6. The van der Waals surface area contributed by atoms with Gasteiger partial charge in [-0.3, -0.25) is 43.2 Å². The van der Waals surface area contributed by atoms with E-state index in [-0.39, 0.29) is 191 Å². The normalized spacial score (nSPS) is 26.9. The van der Waals surface area contributed by atoms with Gasteiger partial charge in [-0.1, -0.05) is 0 Å². The van der Waals surface area contributed by atoms with Crippen molar-refractivity contribution in [2.24, 2.45) is 5.73 Å². The summed E-state index contributed by atoms with van der Waals surface area (Å²) in [6.07, 6.45) is -17.5. The van der Waals surface area contributed by atoms with Crippen molar-refractivity contribution in [1.29, 1.82) is 0 Å². The number of carbonyl (C=O) groups excluding carboxylic acids is 9. The molecule has 3 aliphatic rings. The van der Waals surface area contributed by atoms with E-state index in [4.69, 9.17) is 34.2 Å². The number of carbonyl (C=O) groups is 9. The van der Waals surface area contributed by atoms with E-state index < -0.39 is 135 Å². The summed E-state index contributed by atoms with van der Waals surface area (Å²) >= 11 is 0. The fourth-order valence-corrected chi connectivity index (χ4v) is 9.37. The van der Waals surface area contributed by atoms with Gasteiger partial charge >= 0.3 is 0 Å². The Morgan fingerprint density at radius 1 is 0.326 bits per heavy atom. The molecule has 15 atom stereocenters. The Morgan fingerprint density at radius 3 is 0.772 bits per heavy atom. The fraction of sp³-hybridized carbons (Fsp3) is 0.836.